The molecule has 0 unspecified atom stereocenters. The van der Waals surface area contributed by atoms with E-state index in [2.05, 4.69) is 9.97 Å². The number of nitrogens with zero attached hydrogens (tertiary/aromatic N) is 3. The quantitative estimate of drug-likeness (QED) is 0.791. The summed E-state index contributed by atoms with van der Waals surface area (Å²) in [4.78, 5) is 9.83. The lowest BCUT2D eigenvalue weighted by Gasteiger charge is -2.22. The Morgan fingerprint density at radius 2 is 2.08 bits per heavy atom. The van der Waals surface area contributed by atoms with Crippen LogP contribution in [0.3, 0.4) is 0 Å². The SMILES string of the molecule is C[C@@H](CO)N(C)c1ncc(Cl)cn1. The topological polar surface area (TPSA) is 49.2 Å². The van der Waals surface area contributed by atoms with Gasteiger partial charge in [0.25, 0.3) is 0 Å². The van der Waals surface area contributed by atoms with E-state index in [1.54, 1.807) is 4.90 Å². The number of likely N-dealkylation sites (N-methyl/N-ethyl adjacent to an activating group) is 1. The second-order valence-corrected chi connectivity index (χ2v) is 3.28. The Balaban J connectivity index is 2.77. The first-order valence-electron chi connectivity index (χ1n) is 3.96. The van der Waals surface area contributed by atoms with E-state index >= 15 is 0 Å². The Morgan fingerprint density at radius 1 is 1.54 bits per heavy atom. The third-order valence-corrected chi connectivity index (χ3v) is 2.04. The van der Waals surface area contributed by atoms with Crippen molar-refractivity contribution in [3.05, 3.63) is 17.4 Å². The summed E-state index contributed by atoms with van der Waals surface area (Å²) in [5.41, 5.74) is 0. The van der Waals surface area contributed by atoms with E-state index in [4.69, 9.17) is 16.7 Å². The van der Waals surface area contributed by atoms with E-state index in [1.807, 2.05) is 14.0 Å². The van der Waals surface area contributed by atoms with Crippen molar-refractivity contribution in [3.8, 4) is 0 Å². The van der Waals surface area contributed by atoms with Crippen LogP contribution >= 0.6 is 11.6 Å². The summed E-state index contributed by atoms with van der Waals surface area (Å²) in [6.07, 6.45) is 3.06. The van der Waals surface area contributed by atoms with Crippen molar-refractivity contribution in [1.29, 1.82) is 0 Å². The average Bonchev–Trinajstić information content (AvgIpc) is 2.17. The molecule has 0 radical (unpaired) electrons. The van der Waals surface area contributed by atoms with E-state index in [1.165, 1.54) is 12.4 Å². The van der Waals surface area contributed by atoms with Crippen molar-refractivity contribution in [1.82, 2.24) is 9.97 Å². The molecule has 4 nitrogen and oxygen atoms in total. The molecule has 1 rings (SSSR count). The highest BCUT2D eigenvalue weighted by Gasteiger charge is 2.10. The second kappa shape index (κ2) is 4.39. The predicted octanol–water partition coefficient (Wildman–Crippen LogP) is 0.947. The number of aromatic nitrogens is 2. The van der Waals surface area contributed by atoms with E-state index in [0.717, 1.165) is 0 Å². The molecule has 1 aromatic heterocycles. The fourth-order valence-corrected chi connectivity index (χ4v) is 0.905. The number of anilines is 1. The number of aliphatic hydroxyl groups is 1. The molecular weight excluding hydrogens is 190 g/mol. The van der Waals surface area contributed by atoms with Crippen LogP contribution in [0.5, 0.6) is 0 Å². The van der Waals surface area contributed by atoms with Crippen LogP contribution in [0.1, 0.15) is 6.92 Å². The summed E-state index contributed by atoms with van der Waals surface area (Å²) < 4.78 is 0. The molecule has 1 N–H and O–H groups in total. The van der Waals surface area contributed by atoms with Crippen LogP contribution in [0.15, 0.2) is 12.4 Å². The van der Waals surface area contributed by atoms with Crippen LogP contribution in [-0.2, 0) is 0 Å². The summed E-state index contributed by atoms with van der Waals surface area (Å²) in [5, 5.41) is 9.41. The van der Waals surface area contributed by atoms with E-state index < -0.39 is 0 Å². The molecule has 0 aliphatic heterocycles. The Hall–Kier alpha value is -0.870. The lowest BCUT2D eigenvalue weighted by Crippen LogP contribution is -2.33. The smallest absolute Gasteiger partial charge is 0.225 e. The number of halogens is 1. The standard InChI is InChI=1S/C8H12ClN3O/c1-6(5-13)12(2)8-10-3-7(9)4-11-8/h3-4,6,13H,5H2,1-2H3/t6-/m0/s1. The Kier molecular flexibility index (Phi) is 3.45. The van der Waals surface area contributed by atoms with Gasteiger partial charge in [0.15, 0.2) is 0 Å². The molecule has 0 amide bonds. The number of aliphatic hydroxyl groups excluding tert-OH is 1. The highest BCUT2D eigenvalue weighted by molar-refractivity contribution is 6.30. The van der Waals surface area contributed by atoms with Crippen molar-refractivity contribution in [3.63, 3.8) is 0 Å². The summed E-state index contributed by atoms with van der Waals surface area (Å²) >= 11 is 5.64. The zero-order valence-corrected chi connectivity index (χ0v) is 8.36. The molecule has 1 atom stereocenters. The summed E-state index contributed by atoms with van der Waals surface area (Å²) in [6.45, 7) is 1.96. The zero-order valence-electron chi connectivity index (χ0n) is 7.61. The molecule has 0 aliphatic rings. The third-order valence-electron chi connectivity index (χ3n) is 1.85. The first-order chi connectivity index (χ1) is 6.15. The van der Waals surface area contributed by atoms with Crippen LogP contribution in [0.25, 0.3) is 0 Å². The van der Waals surface area contributed by atoms with Gasteiger partial charge in [-0.15, -0.1) is 0 Å². The van der Waals surface area contributed by atoms with Gasteiger partial charge in [0.1, 0.15) is 0 Å². The minimum Gasteiger partial charge on any atom is -0.394 e. The molecule has 5 heteroatoms. The van der Waals surface area contributed by atoms with Crippen LogP contribution in [-0.4, -0.2) is 34.8 Å². The van der Waals surface area contributed by atoms with Crippen molar-refractivity contribution in [2.45, 2.75) is 13.0 Å². The minimum absolute atomic E-state index is 0.00109. The summed E-state index contributed by atoms with van der Waals surface area (Å²) in [7, 11) is 1.82. The lowest BCUT2D eigenvalue weighted by molar-refractivity contribution is 0.269. The highest BCUT2D eigenvalue weighted by atomic mass is 35.5. The molecule has 0 saturated heterocycles. The molecule has 0 spiro atoms. The van der Waals surface area contributed by atoms with Gasteiger partial charge in [0.2, 0.25) is 5.95 Å². The maximum absolute atomic E-state index is 8.90. The van der Waals surface area contributed by atoms with E-state index in [9.17, 15) is 0 Å². The highest BCUT2D eigenvalue weighted by Crippen LogP contribution is 2.10. The van der Waals surface area contributed by atoms with Gasteiger partial charge in [-0.05, 0) is 6.92 Å². The first kappa shape index (κ1) is 10.2. The van der Waals surface area contributed by atoms with Gasteiger partial charge < -0.3 is 10.0 Å². The second-order valence-electron chi connectivity index (χ2n) is 2.84. The summed E-state index contributed by atoms with van der Waals surface area (Å²) in [6, 6.07) is 0.00109. The van der Waals surface area contributed by atoms with Gasteiger partial charge in [-0.1, -0.05) is 11.6 Å². The molecule has 0 aliphatic carbocycles. The predicted molar refractivity (Wildman–Crippen MR) is 52.0 cm³/mol. The van der Waals surface area contributed by atoms with Crippen molar-refractivity contribution in [2.24, 2.45) is 0 Å². The molecule has 0 fully saturated rings. The largest absolute Gasteiger partial charge is 0.394 e. The number of hydrogen-bond donors (Lipinski definition) is 1. The van der Waals surface area contributed by atoms with Gasteiger partial charge in [-0.25, -0.2) is 9.97 Å². The molecule has 1 heterocycles. The number of hydrogen-bond acceptors (Lipinski definition) is 4. The Morgan fingerprint density at radius 3 is 2.54 bits per heavy atom. The van der Waals surface area contributed by atoms with Crippen LogP contribution in [0.4, 0.5) is 5.95 Å². The number of rotatable bonds is 3. The van der Waals surface area contributed by atoms with E-state index in [0.29, 0.717) is 11.0 Å². The Bertz CT molecular complexity index is 265. The van der Waals surface area contributed by atoms with Crippen molar-refractivity contribution in [2.75, 3.05) is 18.6 Å². The van der Waals surface area contributed by atoms with Gasteiger partial charge in [-0.2, -0.15) is 0 Å². The average molecular weight is 202 g/mol. The molecule has 1 aromatic rings. The van der Waals surface area contributed by atoms with E-state index in [-0.39, 0.29) is 12.6 Å². The zero-order chi connectivity index (χ0) is 9.84. The molecule has 13 heavy (non-hydrogen) atoms. The Labute approximate surface area is 82.2 Å². The fourth-order valence-electron chi connectivity index (χ4n) is 0.807. The van der Waals surface area contributed by atoms with Gasteiger partial charge in [0, 0.05) is 7.05 Å². The van der Waals surface area contributed by atoms with Gasteiger partial charge >= 0.3 is 0 Å². The third kappa shape index (κ3) is 2.54. The molecule has 0 aromatic carbocycles. The van der Waals surface area contributed by atoms with Crippen molar-refractivity contribution < 1.29 is 5.11 Å². The first-order valence-corrected chi connectivity index (χ1v) is 4.34. The minimum atomic E-state index is 0.00109. The maximum Gasteiger partial charge on any atom is 0.225 e. The molecule has 72 valence electrons. The lowest BCUT2D eigenvalue weighted by atomic mass is 10.3. The van der Waals surface area contributed by atoms with Gasteiger partial charge in [0.05, 0.1) is 30.1 Å². The fraction of sp³-hybridized carbons (Fsp3) is 0.500. The molecular formula is C8H12ClN3O. The van der Waals surface area contributed by atoms with Crippen LogP contribution in [0, 0.1) is 0 Å². The maximum atomic E-state index is 8.90. The van der Waals surface area contributed by atoms with Crippen LogP contribution in [0.2, 0.25) is 5.02 Å². The monoisotopic (exact) mass is 201 g/mol. The normalized spacial score (nSPS) is 12.6. The summed E-state index contributed by atoms with van der Waals surface area (Å²) in [5.74, 6) is 0.561. The molecule has 0 saturated carbocycles. The van der Waals surface area contributed by atoms with Crippen LogP contribution < -0.4 is 4.90 Å². The molecule has 0 bridgehead atoms. The van der Waals surface area contributed by atoms with Gasteiger partial charge in [-0.3, -0.25) is 0 Å². The van der Waals surface area contributed by atoms with Crippen molar-refractivity contribution >= 4 is 17.5 Å².